The van der Waals surface area contributed by atoms with Crippen LogP contribution in [0.1, 0.15) is 116 Å². The van der Waals surface area contributed by atoms with E-state index in [1.807, 2.05) is 6.92 Å². The monoisotopic (exact) mass is 564 g/mol. The molecule has 0 heterocycles. The number of ketones is 1. The molecule has 0 amide bonds. The lowest BCUT2D eigenvalue weighted by Gasteiger charge is -2.65. The molecule has 0 fully saturated rings. The summed E-state index contributed by atoms with van der Waals surface area (Å²) in [4.78, 5) is 12.9. The van der Waals surface area contributed by atoms with Crippen molar-refractivity contribution in [3.8, 4) is 0 Å². The molecule has 2 nitrogen and oxygen atoms in total. The average molecular weight is 565 g/mol. The van der Waals surface area contributed by atoms with E-state index < -0.39 is 22.3 Å². The normalized spacial score (nSPS) is 32.8. The van der Waals surface area contributed by atoms with Crippen LogP contribution in [0.5, 0.6) is 0 Å². The molecule has 1 aromatic rings. The zero-order chi connectivity index (χ0) is 31.2. The lowest BCUT2D eigenvalue weighted by molar-refractivity contribution is -0.117. The van der Waals surface area contributed by atoms with E-state index in [2.05, 4.69) is 98.4 Å². The predicted octanol–water partition coefficient (Wildman–Crippen LogP) is 9.89. The number of aliphatic hydroxyl groups excluding tert-OH is 1. The van der Waals surface area contributed by atoms with Gasteiger partial charge in [0.2, 0.25) is 0 Å². The van der Waals surface area contributed by atoms with Crippen molar-refractivity contribution in [3.05, 3.63) is 99.7 Å². The average Bonchev–Trinajstić information content (AvgIpc) is 3.42. The molecule has 0 unspecified atom stereocenters. The van der Waals surface area contributed by atoms with E-state index in [0.717, 1.165) is 34.3 Å². The third-order valence-corrected chi connectivity index (χ3v) is 12.7. The highest BCUT2D eigenvalue weighted by atomic mass is 16.3. The van der Waals surface area contributed by atoms with Crippen molar-refractivity contribution in [1.29, 1.82) is 0 Å². The summed E-state index contributed by atoms with van der Waals surface area (Å²) in [5, 5.41) is 12.6. The molecular weight excluding hydrogens is 512 g/mol. The van der Waals surface area contributed by atoms with Gasteiger partial charge in [0.1, 0.15) is 0 Å². The van der Waals surface area contributed by atoms with E-state index in [0.29, 0.717) is 12.3 Å². The van der Waals surface area contributed by atoms with Crippen LogP contribution in [0.25, 0.3) is 5.57 Å². The van der Waals surface area contributed by atoms with Crippen LogP contribution in [-0.2, 0) is 10.2 Å². The minimum atomic E-state index is -0.635. The summed E-state index contributed by atoms with van der Waals surface area (Å²) in [7, 11) is 0. The summed E-state index contributed by atoms with van der Waals surface area (Å²) in [6.45, 7) is 31.3. The van der Waals surface area contributed by atoms with E-state index in [-0.39, 0.29) is 17.1 Å². The number of carbonyl (C=O) groups is 1. The molecule has 1 N–H and O–H groups in total. The molecular formula is C40H52O2. The van der Waals surface area contributed by atoms with Gasteiger partial charge in [0.25, 0.3) is 0 Å². The number of Topliss-reactive ketones (excluding diaryl/α,β-unsaturated/α-hetero) is 1. The molecule has 42 heavy (non-hydrogen) atoms. The lowest BCUT2D eigenvalue weighted by Crippen LogP contribution is -2.62. The largest absolute Gasteiger partial charge is 0.392 e. The van der Waals surface area contributed by atoms with Crippen molar-refractivity contribution < 1.29 is 9.90 Å². The number of hydrogen-bond donors (Lipinski definition) is 1. The van der Waals surface area contributed by atoms with Crippen molar-refractivity contribution >= 4 is 11.4 Å². The summed E-state index contributed by atoms with van der Waals surface area (Å²) in [5.41, 5.74) is 9.75. The Balaban J connectivity index is 1.64. The zero-order valence-electron chi connectivity index (χ0n) is 27.8. The van der Waals surface area contributed by atoms with Gasteiger partial charge in [0, 0.05) is 21.8 Å². The quantitative estimate of drug-likeness (QED) is 0.373. The van der Waals surface area contributed by atoms with E-state index in [1.54, 1.807) is 6.92 Å². The number of rotatable bonds is 6. The maximum atomic E-state index is 12.9. The van der Waals surface area contributed by atoms with Crippen LogP contribution in [0.4, 0.5) is 0 Å². The third kappa shape index (κ3) is 3.89. The van der Waals surface area contributed by atoms with Gasteiger partial charge >= 0.3 is 0 Å². The molecule has 2 heteroatoms. The Labute approximate surface area is 255 Å². The lowest BCUT2D eigenvalue weighted by atomic mass is 9.39. The highest BCUT2D eigenvalue weighted by molar-refractivity contribution is 6.00. The second-order valence-electron chi connectivity index (χ2n) is 15.2. The van der Waals surface area contributed by atoms with Crippen LogP contribution in [-0.4, -0.2) is 17.0 Å². The molecule has 0 radical (unpaired) electrons. The second kappa shape index (κ2) is 9.91. The summed E-state index contributed by atoms with van der Waals surface area (Å²) in [6, 6.07) is 4.69. The fraction of sp³-hybridized carbons (Fsp3) is 0.525. The fourth-order valence-corrected chi connectivity index (χ4v) is 9.92. The first-order valence-electron chi connectivity index (χ1n) is 15.9. The molecule has 0 aromatic heterocycles. The van der Waals surface area contributed by atoms with Crippen LogP contribution in [0.3, 0.4) is 0 Å². The molecule has 0 spiro atoms. The van der Waals surface area contributed by atoms with E-state index in [9.17, 15) is 9.90 Å². The molecule has 1 aromatic carbocycles. The summed E-state index contributed by atoms with van der Waals surface area (Å²) < 4.78 is 0. The highest BCUT2D eigenvalue weighted by Crippen LogP contribution is 2.72. The number of hydrogen-bond acceptors (Lipinski definition) is 2. The number of aliphatic hydroxyl groups is 1. The highest BCUT2D eigenvalue weighted by Gasteiger charge is 2.66. The predicted molar refractivity (Wildman–Crippen MR) is 177 cm³/mol. The van der Waals surface area contributed by atoms with Gasteiger partial charge in [-0.1, -0.05) is 109 Å². The standard InChI is InChI=1S/C40H52O2/c1-23-22-38(10)36(42)39(11)26(4)31-19-20-32(37(8,9)21-15-18-30-16-13-14-17-30)24(2)34(31)25(3)35(39)28(6)40(38,12)27(5)33(23)29(7)41/h13-14,16-17,19-20,26,30,36,42H,3,5,15,18,21-22H2,1-2,4,6-12H3/t26-,36+,38+,39+,40-/m1/s1. The van der Waals surface area contributed by atoms with Crippen LogP contribution in [0.2, 0.25) is 0 Å². The van der Waals surface area contributed by atoms with Crippen molar-refractivity contribution in [3.63, 3.8) is 0 Å². The number of allylic oxidation sites excluding steroid dienone is 9. The van der Waals surface area contributed by atoms with Gasteiger partial charge in [-0.3, -0.25) is 4.79 Å². The zero-order valence-corrected chi connectivity index (χ0v) is 27.8. The molecule has 0 saturated carbocycles. The van der Waals surface area contributed by atoms with Gasteiger partial charge in [-0.15, -0.1) is 0 Å². The Morgan fingerprint density at radius 1 is 1.07 bits per heavy atom. The maximum Gasteiger partial charge on any atom is 0.160 e. The Kier molecular flexibility index (Phi) is 7.25. The topological polar surface area (TPSA) is 37.3 Å². The van der Waals surface area contributed by atoms with Gasteiger partial charge in [-0.2, -0.15) is 0 Å². The second-order valence-corrected chi connectivity index (χ2v) is 15.2. The molecule has 0 bridgehead atoms. The third-order valence-electron chi connectivity index (χ3n) is 12.7. The van der Waals surface area contributed by atoms with Gasteiger partial charge in [0.15, 0.2) is 5.78 Å². The van der Waals surface area contributed by atoms with E-state index in [1.165, 1.54) is 40.7 Å². The smallest absolute Gasteiger partial charge is 0.160 e. The van der Waals surface area contributed by atoms with Gasteiger partial charge in [-0.25, -0.2) is 0 Å². The fourth-order valence-electron chi connectivity index (χ4n) is 9.92. The van der Waals surface area contributed by atoms with Gasteiger partial charge in [-0.05, 0) is 103 Å². The van der Waals surface area contributed by atoms with Gasteiger partial charge < -0.3 is 5.11 Å². The molecule has 224 valence electrons. The summed E-state index contributed by atoms with van der Waals surface area (Å²) in [5.74, 6) is 0.730. The molecule has 4 aliphatic carbocycles. The minimum Gasteiger partial charge on any atom is -0.392 e. The summed E-state index contributed by atoms with van der Waals surface area (Å²) >= 11 is 0. The Hall–Kier alpha value is -2.71. The SMILES string of the molecule is C=C1C2=C(C)[C@@]3(C)C(=C)C(C(C)=O)=C(C)C[C@@]3(C)[C@H](O)[C@@]2(C)[C@H](C)c2ccc(C(C)(C)CCCC3C=CC=C3)c(C)c21. The van der Waals surface area contributed by atoms with Crippen LogP contribution in [0, 0.1) is 29.1 Å². The first-order valence-corrected chi connectivity index (χ1v) is 15.9. The van der Waals surface area contributed by atoms with Crippen LogP contribution < -0.4 is 0 Å². The molecule has 5 rings (SSSR count). The van der Waals surface area contributed by atoms with Crippen molar-refractivity contribution in [2.75, 3.05) is 0 Å². The van der Waals surface area contributed by atoms with Crippen molar-refractivity contribution in [2.45, 2.75) is 112 Å². The van der Waals surface area contributed by atoms with E-state index in [4.69, 9.17) is 6.58 Å². The molecule has 0 saturated heterocycles. The van der Waals surface area contributed by atoms with E-state index >= 15 is 0 Å². The summed E-state index contributed by atoms with van der Waals surface area (Å²) in [6.07, 6.45) is 12.4. The number of fused-ring (bicyclic) bond motifs is 3. The molecule has 4 aliphatic rings. The van der Waals surface area contributed by atoms with Crippen molar-refractivity contribution in [1.82, 2.24) is 0 Å². The van der Waals surface area contributed by atoms with Crippen molar-refractivity contribution in [2.24, 2.45) is 22.2 Å². The molecule has 0 aliphatic heterocycles. The number of carbonyl (C=O) groups excluding carboxylic acids is 1. The first-order chi connectivity index (χ1) is 19.5. The minimum absolute atomic E-state index is 0.0336. The van der Waals surface area contributed by atoms with Gasteiger partial charge in [0.05, 0.1) is 6.10 Å². The van der Waals surface area contributed by atoms with Crippen LogP contribution in [0.15, 0.2) is 77.5 Å². The number of benzene rings is 1. The Morgan fingerprint density at radius 2 is 1.69 bits per heavy atom. The molecule has 5 atom stereocenters. The van der Waals surface area contributed by atoms with Crippen LogP contribution >= 0.6 is 0 Å². The first kappa shape index (κ1) is 30.7. The maximum absolute atomic E-state index is 12.9. The Morgan fingerprint density at radius 3 is 2.29 bits per heavy atom. The Bertz CT molecular complexity index is 1510.